The molecule has 49 heavy (non-hydrogen) atoms. The van der Waals surface area contributed by atoms with Crippen molar-refractivity contribution in [2.45, 2.75) is 126 Å². The van der Waals surface area contributed by atoms with Crippen molar-refractivity contribution in [1.29, 1.82) is 0 Å². The van der Waals surface area contributed by atoms with Crippen LogP contribution in [0.15, 0.2) is 12.7 Å². The molecular formula is C35H55N5O8S. The van der Waals surface area contributed by atoms with Gasteiger partial charge in [0.25, 0.3) is 5.91 Å². The summed E-state index contributed by atoms with van der Waals surface area (Å²) >= 11 is 0. The Morgan fingerprint density at radius 3 is 2.39 bits per heavy atom. The van der Waals surface area contributed by atoms with Gasteiger partial charge < -0.3 is 30.9 Å². The van der Waals surface area contributed by atoms with E-state index in [9.17, 15) is 32.4 Å². The average molecular weight is 706 g/mol. The number of rotatable bonds is 7. The number of Topliss-reactive ketones (excluding diaryl/α,β-unsaturated/α-hetero) is 1. The Kier molecular flexibility index (Phi) is 11.8. The van der Waals surface area contributed by atoms with E-state index in [4.69, 9.17) is 4.74 Å². The molecule has 0 radical (unpaired) electrons. The number of ether oxygens (including phenoxy) is 1. The van der Waals surface area contributed by atoms with Crippen LogP contribution in [0.1, 0.15) is 97.3 Å². The van der Waals surface area contributed by atoms with E-state index in [2.05, 4.69) is 41.7 Å². The van der Waals surface area contributed by atoms with Crippen LogP contribution in [-0.2, 0) is 33.8 Å². The van der Waals surface area contributed by atoms with Crippen molar-refractivity contribution < 1.29 is 37.1 Å². The molecule has 2 saturated carbocycles. The van der Waals surface area contributed by atoms with E-state index in [0.29, 0.717) is 51.7 Å². The predicted octanol–water partition coefficient (Wildman–Crippen LogP) is 2.14. The monoisotopic (exact) mass is 705 g/mol. The summed E-state index contributed by atoms with van der Waals surface area (Å²) < 4.78 is 32.1. The third-order valence-corrected chi connectivity index (χ3v) is 14.2. The fourth-order valence-corrected chi connectivity index (χ4v) is 11.3. The second kappa shape index (κ2) is 15.5. The van der Waals surface area contributed by atoms with Crippen LogP contribution in [0.2, 0.25) is 0 Å². The van der Waals surface area contributed by atoms with E-state index in [1.54, 1.807) is 0 Å². The number of amides is 5. The molecule has 6 atom stereocenters. The molecule has 0 spiro atoms. The third kappa shape index (κ3) is 8.16. The molecule has 5 fully saturated rings. The number of carbonyl (C=O) groups excluding carboxylic acids is 5. The molecule has 13 nitrogen and oxygen atoms in total. The second-order valence-electron chi connectivity index (χ2n) is 15.3. The number of hydrogen-bond donors (Lipinski definition) is 4. The molecule has 0 unspecified atom stereocenters. The van der Waals surface area contributed by atoms with Gasteiger partial charge in [0.15, 0.2) is 9.84 Å². The summed E-state index contributed by atoms with van der Waals surface area (Å²) in [5.74, 6) is -2.49. The highest BCUT2D eigenvalue weighted by molar-refractivity contribution is 7.92. The van der Waals surface area contributed by atoms with Crippen LogP contribution in [0, 0.1) is 17.3 Å². The summed E-state index contributed by atoms with van der Waals surface area (Å²) in [6.45, 7) is 8.37. The largest absolute Gasteiger partial charge is 0.379 e. The average Bonchev–Trinajstić information content (AvgIpc) is 3.37. The lowest BCUT2D eigenvalue weighted by molar-refractivity contribution is -0.144. The summed E-state index contributed by atoms with van der Waals surface area (Å²) in [6, 6.07) is -3.67. The van der Waals surface area contributed by atoms with Gasteiger partial charge in [-0.25, -0.2) is 13.2 Å². The molecule has 274 valence electrons. The number of sulfone groups is 1. The minimum Gasteiger partial charge on any atom is -0.379 e. The Bertz CT molecular complexity index is 1390. The highest BCUT2D eigenvalue weighted by atomic mass is 32.2. The number of ketones is 1. The number of nitrogens with one attached hydrogen (secondary N) is 4. The van der Waals surface area contributed by atoms with Crippen molar-refractivity contribution in [3.8, 4) is 0 Å². The van der Waals surface area contributed by atoms with Crippen molar-refractivity contribution in [2.75, 3.05) is 32.1 Å². The van der Waals surface area contributed by atoms with Gasteiger partial charge in [-0.3, -0.25) is 19.2 Å². The van der Waals surface area contributed by atoms with E-state index in [1.165, 1.54) is 11.0 Å². The first-order valence-electron chi connectivity index (χ1n) is 18.2. The van der Waals surface area contributed by atoms with Crippen molar-refractivity contribution in [3.05, 3.63) is 12.7 Å². The molecule has 0 aromatic heterocycles. The summed E-state index contributed by atoms with van der Waals surface area (Å²) in [5, 5.41) is 10.6. The van der Waals surface area contributed by atoms with Gasteiger partial charge in [0, 0.05) is 19.7 Å². The predicted molar refractivity (Wildman–Crippen MR) is 183 cm³/mol. The third-order valence-electron chi connectivity index (χ3n) is 11.7. The minimum atomic E-state index is -3.36. The molecule has 5 aliphatic rings. The molecule has 5 rings (SSSR count). The first-order chi connectivity index (χ1) is 23.3. The lowest BCUT2D eigenvalue weighted by Gasteiger charge is -2.42. The molecule has 2 aliphatic carbocycles. The standard InChI is InChI=1S/C35H55N5O8S/c1-4-18-36-31(43)29(41)24-14-9-6-5-7-12-19-48-22-25(32(44)40-21-23-27(34(23,2)3)28(40)30(42)37-24)38-33(45)39-35(16-10-8-11-17-35)26-15-13-20-49(26,46)47/h4,23-28H,1,5-22H2,2-3H3,(H,36,43)(H,37,42)(H2,38,39,45)/t23-,24+,25+,26-,27-,28-/m0/s1. The minimum absolute atomic E-state index is 0.0489. The number of carbonyl (C=O) groups is 5. The topological polar surface area (TPSA) is 180 Å². The number of nitrogens with zero attached hydrogens (tertiary/aromatic N) is 1. The summed E-state index contributed by atoms with van der Waals surface area (Å²) in [6.07, 6.45) is 10.4. The summed E-state index contributed by atoms with van der Waals surface area (Å²) in [7, 11) is -3.36. The van der Waals surface area contributed by atoms with Gasteiger partial charge in [-0.15, -0.1) is 6.58 Å². The molecular weight excluding hydrogens is 650 g/mol. The Morgan fingerprint density at radius 2 is 1.69 bits per heavy atom. The second-order valence-corrected chi connectivity index (χ2v) is 17.6. The number of hydrogen-bond acceptors (Lipinski definition) is 8. The van der Waals surface area contributed by atoms with Crippen LogP contribution in [0.25, 0.3) is 0 Å². The molecule has 0 aromatic rings. The molecule has 3 heterocycles. The Balaban J connectivity index is 1.37. The quantitative estimate of drug-likeness (QED) is 0.230. The van der Waals surface area contributed by atoms with Crippen LogP contribution in [0.5, 0.6) is 0 Å². The molecule has 4 N–H and O–H groups in total. The van der Waals surface area contributed by atoms with Crippen LogP contribution in [0.4, 0.5) is 4.79 Å². The fraction of sp³-hybridized carbons (Fsp3) is 0.800. The molecule has 3 aliphatic heterocycles. The maximum absolute atomic E-state index is 14.3. The van der Waals surface area contributed by atoms with E-state index < -0.39 is 68.3 Å². The zero-order valence-corrected chi connectivity index (χ0v) is 29.9. The number of piperidine rings is 1. The van der Waals surface area contributed by atoms with Gasteiger partial charge in [0.05, 0.1) is 29.2 Å². The Labute approximate surface area is 290 Å². The van der Waals surface area contributed by atoms with Crippen molar-refractivity contribution >= 4 is 39.4 Å². The van der Waals surface area contributed by atoms with Crippen LogP contribution >= 0.6 is 0 Å². The zero-order chi connectivity index (χ0) is 35.4. The van der Waals surface area contributed by atoms with Gasteiger partial charge in [-0.1, -0.05) is 64.9 Å². The first-order valence-corrected chi connectivity index (χ1v) is 20.0. The smallest absolute Gasteiger partial charge is 0.315 e. The van der Waals surface area contributed by atoms with Crippen LogP contribution in [-0.4, -0.2) is 104 Å². The van der Waals surface area contributed by atoms with Gasteiger partial charge in [-0.2, -0.15) is 0 Å². The summed E-state index contributed by atoms with van der Waals surface area (Å²) in [4.78, 5) is 69.5. The van der Waals surface area contributed by atoms with Gasteiger partial charge in [0.1, 0.15) is 12.1 Å². The lowest BCUT2D eigenvalue weighted by atomic mass is 9.78. The zero-order valence-electron chi connectivity index (χ0n) is 29.1. The van der Waals surface area contributed by atoms with Gasteiger partial charge in [0.2, 0.25) is 17.6 Å². The van der Waals surface area contributed by atoms with Crippen LogP contribution < -0.4 is 21.3 Å². The first kappa shape index (κ1) is 37.3. The van der Waals surface area contributed by atoms with E-state index in [1.807, 2.05) is 0 Å². The van der Waals surface area contributed by atoms with E-state index >= 15 is 0 Å². The van der Waals surface area contributed by atoms with Crippen LogP contribution in [0.3, 0.4) is 0 Å². The van der Waals surface area contributed by atoms with Crippen molar-refractivity contribution in [2.24, 2.45) is 17.3 Å². The maximum Gasteiger partial charge on any atom is 0.315 e. The van der Waals surface area contributed by atoms with Crippen molar-refractivity contribution in [1.82, 2.24) is 26.2 Å². The normalized spacial score (nSPS) is 32.9. The van der Waals surface area contributed by atoms with Gasteiger partial charge in [-0.05, 0) is 55.8 Å². The Morgan fingerprint density at radius 1 is 1.00 bits per heavy atom. The highest BCUT2D eigenvalue weighted by Gasteiger charge is 2.69. The highest BCUT2D eigenvalue weighted by Crippen LogP contribution is 2.65. The Hall–Kier alpha value is -3.00. The summed E-state index contributed by atoms with van der Waals surface area (Å²) in [5.41, 5.74) is -1.11. The van der Waals surface area contributed by atoms with E-state index in [0.717, 1.165) is 44.9 Å². The fourth-order valence-electron chi connectivity index (χ4n) is 8.95. The molecule has 0 aromatic carbocycles. The lowest BCUT2D eigenvalue weighted by Crippen LogP contribution is -2.64. The molecule has 3 saturated heterocycles. The molecule has 14 heteroatoms. The molecule has 5 amide bonds. The number of fused-ring (bicyclic) bond motifs is 3. The van der Waals surface area contributed by atoms with Gasteiger partial charge >= 0.3 is 6.03 Å². The van der Waals surface area contributed by atoms with E-state index in [-0.39, 0.29) is 36.2 Å². The number of urea groups is 1. The maximum atomic E-state index is 14.3. The molecule has 0 bridgehead atoms. The van der Waals surface area contributed by atoms with Crippen molar-refractivity contribution in [3.63, 3.8) is 0 Å². The SMILES string of the molecule is C=CCNC(=O)C(=O)[C@H]1CCCCCCCOC[C@@H](NC(=O)NC2([C@@H]3CCCS3(=O)=O)CCCCC2)C(=O)N2C[C@H]3[C@@H]([C@H]2C(=O)N1)C3(C)C.